The lowest BCUT2D eigenvalue weighted by molar-refractivity contribution is 0.00603. The number of hydrogen-bond acceptors (Lipinski definition) is 5. The Labute approximate surface area is 138 Å². The van der Waals surface area contributed by atoms with Crippen molar-refractivity contribution in [2.45, 2.75) is 52.7 Å². The second-order valence-corrected chi connectivity index (χ2v) is 7.68. The number of pyridine rings is 1. The average molecular weight is 373 g/mol. The highest BCUT2D eigenvalue weighted by atomic mass is 79.9. The number of hydrogen-bond donors (Lipinski definition) is 1. The number of nitrogens with zero attached hydrogens (tertiary/aromatic N) is 1. The van der Waals surface area contributed by atoms with E-state index in [-0.39, 0.29) is 11.4 Å². The summed E-state index contributed by atoms with van der Waals surface area (Å²) in [6.45, 7) is 10.7. The fourth-order valence-electron chi connectivity index (χ4n) is 1.41. The van der Waals surface area contributed by atoms with E-state index in [0.29, 0.717) is 4.47 Å². The van der Waals surface area contributed by atoms with Crippen molar-refractivity contribution < 1.29 is 19.1 Å². The van der Waals surface area contributed by atoms with Crippen LogP contribution in [0.2, 0.25) is 0 Å². The minimum atomic E-state index is -0.670. The van der Waals surface area contributed by atoms with Crippen LogP contribution in [0.15, 0.2) is 16.7 Å². The predicted octanol–water partition coefficient (Wildman–Crippen LogP) is 3.69. The van der Waals surface area contributed by atoms with Gasteiger partial charge in [-0.1, -0.05) is 0 Å². The third-order valence-corrected chi connectivity index (χ3v) is 2.52. The molecule has 1 aromatic heterocycles. The van der Waals surface area contributed by atoms with Gasteiger partial charge in [0.05, 0.1) is 0 Å². The number of halogens is 1. The van der Waals surface area contributed by atoms with Gasteiger partial charge >= 0.3 is 12.1 Å². The summed E-state index contributed by atoms with van der Waals surface area (Å²) in [5, 5.41) is 2.65. The molecule has 0 aliphatic carbocycles. The van der Waals surface area contributed by atoms with Gasteiger partial charge in [-0.2, -0.15) is 0 Å². The SMILES string of the molecule is CC(C)(C)NC(=O)Oc1cc(Br)cnc1C(=O)OC(C)(C)C. The van der Waals surface area contributed by atoms with Gasteiger partial charge in [0.1, 0.15) is 5.60 Å². The van der Waals surface area contributed by atoms with Crippen molar-refractivity contribution in [3.63, 3.8) is 0 Å². The molecule has 0 bridgehead atoms. The van der Waals surface area contributed by atoms with Gasteiger partial charge in [0.15, 0.2) is 11.4 Å². The lowest BCUT2D eigenvalue weighted by Gasteiger charge is -2.21. The molecule has 0 aliphatic rings. The van der Waals surface area contributed by atoms with Crippen LogP contribution in [0.4, 0.5) is 4.79 Å². The number of carbonyl (C=O) groups is 2. The van der Waals surface area contributed by atoms with E-state index in [4.69, 9.17) is 9.47 Å². The zero-order chi connectivity index (χ0) is 17.1. The molecular formula is C15H21BrN2O4. The summed E-state index contributed by atoms with van der Waals surface area (Å²) >= 11 is 3.23. The van der Waals surface area contributed by atoms with Crippen molar-refractivity contribution in [2.75, 3.05) is 0 Å². The van der Waals surface area contributed by atoms with Crippen LogP contribution >= 0.6 is 15.9 Å². The molecule has 0 radical (unpaired) electrons. The van der Waals surface area contributed by atoms with Crippen LogP contribution in [-0.4, -0.2) is 28.2 Å². The minimum absolute atomic E-state index is 0.0328. The largest absolute Gasteiger partial charge is 0.455 e. The van der Waals surface area contributed by atoms with Crippen LogP contribution in [0.1, 0.15) is 52.0 Å². The molecule has 0 saturated carbocycles. The molecule has 0 aliphatic heterocycles. The molecule has 0 spiro atoms. The Hall–Kier alpha value is -1.63. The molecule has 1 rings (SSSR count). The summed E-state index contributed by atoms with van der Waals surface area (Å²) in [4.78, 5) is 28.0. The molecule has 1 heterocycles. The number of ether oxygens (including phenoxy) is 2. The second kappa shape index (κ2) is 6.64. The fraction of sp³-hybridized carbons (Fsp3) is 0.533. The molecule has 1 N–H and O–H groups in total. The monoisotopic (exact) mass is 372 g/mol. The number of amides is 1. The van der Waals surface area contributed by atoms with Gasteiger partial charge in [-0.25, -0.2) is 14.6 Å². The van der Waals surface area contributed by atoms with E-state index in [1.165, 1.54) is 12.3 Å². The highest BCUT2D eigenvalue weighted by Gasteiger charge is 2.25. The molecule has 6 nitrogen and oxygen atoms in total. The smallest absolute Gasteiger partial charge is 0.413 e. The molecular weight excluding hydrogens is 352 g/mol. The molecule has 1 amide bonds. The Morgan fingerprint density at radius 3 is 2.27 bits per heavy atom. The van der Waals surface area contributed by atoms with Crippen LogP contribution in [0.25, 0.3) is 0 Å². The fourth-order valence-corrected chi connectivity index (χ4v) is 1.72. The Kier molecular flexibility index (Phi) is 5.56. The molecule has 0 atom stereocenters. The maximum Gasteiger partial charge on any atom is 0.413 e. The summed E-state index contributed by atoms with van der Waals surface area (Å²) < 4.78 is 11.0. The Morgan fingerprint density at radius 1 is 1.18 bits per heavy atom. The van der Waals surface area contributed by atoms with Crippen molar-refractivity contribution in [3.8, 4) is 5.75 Å². The topological polar surface area (TPSA) is 77.5 Å². The first kappa shape index (κ1) is 18.4. The van der Waals surface area contributed by atoms with Gasteiger partial charge in [-0.15, -0.1) is 0 Å². The quantitative estimate of drug-likeness (QED) is 0.800. The molecule has 0 aromatic carbocycles. The van der Waals surface area contributed by atoms with E-state index >= 15 is 0 Å². The third-order valence-electron chi connectivity index (χ3n) is 2.09. The zero-order valence-corrected chi connectivity index (χ0v) is 15.2. The summed E-state index contributed by atoms with van der Waals surface area (Å²) in [5.74, 6) is -0.621. The van der Waals surface area contributed by atoms with E-state index in [9.17, 15) is 9.59 Å². The van der Waals surface area contributed by atoms with E-state index in [1.54, 1.807) is 20.8 Å². The van der Waals surface area contributed by atoms with Gasteiger partial charge in [0.25, 0.3) is 0 Å². The Bertz CT molecular complexity index is 574. The van der Waals surface area contributed by atoms with Gasteiger partial charge < -0.3 is 14.8 Å². The first-order valence-corrected chi connectivity index (χ1v) is 7.55. The number of nitrogens with one attached hydrogen (secondary N) is 1. The molecule has 0 saturated heterocycles. The van der Waals surface area contributed by atoms with Crippen molar-refractivity contribution in [1.29, 1.82) is 0 Å². The maximum absolute atomic E-state index is 12.1. The van der Waals surface area contributed by atoms with Crippen molar-refractivity contribution in [2.24, 2.45) is 0 Å². The van der Waals surface area contributed by atoms with Crippen molar-refractivity contribution >= 4 is 28.0 Å². The summed E-state index contributed by atoms with van der Waals surface area (Å²) in [7, 11) is 0. The van der Waals surface area contributed by atoms with Gasteiger partial charge in [0.2, 0.25) is 0 Å². The zero-order valence-electron chi connectivity index (χ0n) is 13.6. The molecule has 122 valence electrons. The van der Waals surface area contributed by atoms with E-state index < -0.39 is 23.2 Å². The van der Waals surface area contributed by atoms with Crippen LogP contribution in [0, 0.1) is 0 Å². The van der Waals surface area contributed by atoms with Crippen LogP contribution in [0.5, 0.6) is 5.75 Å². The molecule has 0 unspecified atom stereocenters. The first-order chi connectivity index (χ1) is 9.87. The summed E-state index contributed by atoms with van der Waals surface area (Å²) in [5.41, 5.74) is -1.18. The first-order valence-electron chi connectivity index (χ1n) is 6.76. The van der Waals surface area contributed by atoms with Gasteiger partial charge in [-0.3, -0.25) is 0 Å². The normalized spacial score (nSPS) is 11.8. The van der Waals surface area contributed by atoms with Crippen LogP contribution in [0.3, 0.4) is 0 Å². The third kappa shape index (κ3) is 6.43. The Morgan fingerprint density at radius 2 is 1.77 bits per heavy atom. The number of rotatable bonds is 2. The van der Waals surface area contributed by atoms with Crippen LogP contribution in [-0.2, 0) is 4.74 Å². The summed E-state index contributed by atoms with van der Waals surface area (Å²) in [6.07, 6.45) is 0.769. The van der Waals surface area contributed by atoms with Crippen molar-refractivity contribution in [1.82, 2.24) is 10.3 Å². The minimum Gasteiger partial charge on any atom is -0.455 e. The predicted molar refractivity (Wildman–Crippen MR) is 86.0 cm³/mol. The lowest BCUT2D eigenvalue weighted by atomic mass is 10.1. The molecule has 7 heteroatoms. The van der Waals surface area contributed by atoms with E-state index in [1.807, 2.05) is 20.8 Å². The van der Waals surface area contributed by atoms with Crippen LogP contribution < -0.4 is 10.1 Å². The lowest BCUT2D eigenvalue weighted by Crippen LogP contribution is -2.42. The molecule has 22 heavy (non-hydrogen) atoms. The molecule has 0 fully saturated rings. The number of aromatic nitrogens is 1. The maximum atomic E-state index is 12.1. The highest BCUT2D eigenvalue weighted by molar-refractivity contribution is 9.10. The van der Waals surface area contributed by atoms with E-state index in [2.05, 4.69) is 26.2 Å². The number of carbonyl (C=O) groups excluding carboxylic acids is 2. The van der Waals surface area contributed by atoms with Crippen molar-refractivity contribution in [3.05, 3.63) is 22.4 Å². The second-order valence-electron chi connectivity index (χ2n) is 6.77. The van der Waals surface area contributed by atoms with E-state index in [0.717, 1.165) is 0 Å². The van der Waals surface area contributed by atoms with Gasteiger partial charge in [0, 0.05) is 16.2 Å². The van der Waals surface area contributed by atoms with Gasteiger partial charge in [-0.05, 0) is 63.5 Å². The average Bonchev–Trinajstić information content (AvgIpc) is 2.23. The number of esters is 1. The summed E-state index contributed by atoms with van der Waals surface area (Å²) in [6, 6.07) is 1.49. The highest BCUT2D eigenvalue weighted by Crippen LogP contribution is 2.24. The standard InChI is InChI=1S/C15H21BrN2O4/c1-14(2,3)18-13(20)21-10-7-9(16)8-17-11(10)12(19)22-15(4,5)6/h7-8H,1-6H3,(H,18,20). The molecule has 1 aromatic rings. The Balaban J connectivity index is 3.01.